The second kappa shape index (κ2) is 14.3. The van der Waals surface area contributed by atoms with Crippen LogP contribution in [-0.4, -0.2) is 13.7 Å². The van der Waals surface area contributed by atoms with Crippen molar-refractivity contribution in [1.29, 1.82) is 0 Å². The number of fused-ring (bicyclic) bond motifs is 14. The Hall–Kier alpha value is -9.38. The summed E-state index contributed by atoms with van der Waals surface area (Å²) in [5.74, 6) is 0. The van der Waals surface area contributed by atoms with Crippen molar-refractivity contribution in [2.75, 3.05) is 0 Å². The molecule has 4 heteroatoms. The molecule has 330 valence electrons. The third-order valence-electron chi connectivity index (χ3n) is 15.7. The van der Waals surface area contributed by atoms with Crippen LogP contribution in [0.5, 0.6) is 0 Å². The lowest BCUT2D eigenvalue weighted by Crippen LogP contribution is -2.35. The van der Waals surface area contributed by atoms with E-state index >= 15 is 0 Å². The monoisotopic (exact) mass is 903 g/mol. The molecule has 1 unspecified atom stereocenters. The van der Waals surface area contributed by atoms with Gasteiger partial charge in [0.1, 0.15) is 11.2 Å². The second-order valence-electron chi connectivity index (χ2n) is 19.1. The van der Waals surface area contributed by atoms with Crippen molar-refractivity contribution >= 4 is 87.4 Å². The summed E-state index contributed by atoms with van der Waals surface area (Å²) in [6, 6.07) is 91.8. The second-order valence-corrected chi connectivity index (χ2v) is 19.1. The number of benzene rings is 11. The van der Waals surface area contributed by atoms with Gasteiger partial charge in [0.2, 0.25) is 0 Å². The molecule has 11 aromatic carbocycles. The Balaban J connectivity index is 0.964. The Morgan fingerprint density at radius 3 is 1.59 bits per heavy atom. The lowest BCUT2D eigenvalue weighted by Gasteiger charge is -2.42. The molecule has 1 atom stereocenters. The average molecular weight is 904 g/mol. The average Bonchev–Trinajstić information content (AvgIpc) is 4.19. The highest BCUT2D eigenvalue weighted by atomic mass is 16.3. The van der Waals surface area contributed by atoms with Gasteiger partial charge in [0, 0.05) is 60.0 Å². The van der Waals surface area contributed by atoms with E-state index in [1.54, 1.807) is 0 Å². The third-order valence-corrected chi connectivity index (χ3v) is 15.7. The minimum absolute atomic E-state index is 0.679. The van der Waals surface area contributed by atoms with Crippen LogP contribution >= 0.6 is 0 Å². The molecule has 0 fully saturated rings. The van der Waals surface area contributed by atoms with Crippen LogP contribution in [-0.2, 0) is 5.41 Å². The molecule has 0 saturated carbocycles. The fourth-order valence-corrected chi connectivity index (χ4v) is 12.9. The predicted octanol–water partition coefficient (Wildman–Crippen LogP) is 17.2. The van der Waals surface area contributed by atoms with Crippen LogP contribution in [0, 0.1) is 0 Å². The molecule has 4 aromatic heterocycles. The van der Waals surface area contributed by atoms with Crippen LogP contribution in [0.3, 0.4) is 0 Å². The maximum Gasteiger partial charge on any atom is 0.136 e. The van der Waals surface area contributed by atoms with Crippen molar-refractivity contribution in [2.45, 2.75) is 5.41 Å². The topological polar surface area (TPSA) is 27.9 Å². The van der Waals surface area contributed by atoms with E-state index in [2.05, 4.69) is 262 Å². The first-order chi connectivity index (χ1) is 35.3. The molecule has 0 aliphatic carbocycles. The summed E-state index contributed by atoms with van der Waals surface area (Å²) in [6.45, 7) is 0. The van der Waals surface area contributed by atoms with Gasteiger partial charge in [0.25, 0.3) is 0 Å². The summed E-state index contributed by atoms with van der Waals surface area (Å²) >= 11 is 0. The van der Waals surface area contributed by atoms with Gasteiger partial charge < -0.3 is 18.1 Å². The Kier molecular flexibility index (Phi) is 7.79. The van der Waals surface area contributed by atoms with Crippen LogP contribution in [0.25, 0.3) is 116 Å². The SMILES string of the molecule is c1ccc(C2(c3cccc(-n4c5ccccc5c5cc(-n6c7ccccc7c7ccccc76)ccc54)c3)c3ccccc3-n3c4c(-c5cccc6oc7ccccc7c56)cccc4c4cccc2c43)cc1. The summed E-state index contributed by atoms with van der Waals surface area (Å²) in [5.41, 5.74) is 19.0. The van der Waals surface area contributed by atoms with Crippen molar-refractivity contribution in [2.24, 2.45) is 0 Å². The summed E-state index contributed by atoms with van der Waals surface area (Å²) in [5, 5.41) is 9.68. The number of para-hydroxylation sites is 7. The number of hydrogen-bond acceptors (Lipinski definition) is 1. The highest BCUT2D eigenvalue weighted by molar-refractivity contribution is 6.20. The molecule has 16 rings (SSSR count). The Bertz CT molecular complexity index is 4660. The molecule has 71 heavy (non-hydrogen) atoms. The number of nitrogens with zero attached hydrogens (tertiary/aromatic N) is 3. The fourth-order valence-electron chi connectivity index (χ4n) is 12.9. The Labute approximate surface area is 408 Å². The minimum atomic E-state index is -0.679. The van der Waals surface area contributed by atoms with Gasteiger partial charge in [-0.15, -0.1) is 0 Å². The zero-order chi connectivity index (χ0) is 46.4. The lowest BCUT2D eigenvalue weighted by molar-refractivity contribution is 0.669. The highest BCUT2D eigenvalue weighted by Gasteiger charge is 2.45. The van der Waals surface area contributed by atoms with E-state index in [4.69, 9.17) is 4.42 Å². The zero-order valence-electron chi connectivity index (χ0n) is 38.4. The predicted molar refractivity (Wildman–Crippen MR) is 294 cm³/mol. The van der Waals surface area contributed by atoms with Crippen molar-refractivity contribution in [3.8, 4) is 28.2 Å². The van der Waals surface area contributed by atoms with Crippen LogP contribution in [0.15, 0.2) is 253 Å². The standard InChI is InChI=1S/C67H41N3O/c1-2-18-42(19-3-1)67(43-20-14-21-44(40-43)68-59-34-11-6-24-48(59)54-41-45(38-39-60(54)68)69-57-32-9-4-22-46(57)47-23-5-10-33-58(47)69)55-30-8-12-35-61(55)70-65-50(27-15-28-51(65)52-29-16-31-56(67)66(52)70)49-26-17-37-63-64(49)53-25-7-13-36-62(53)71-63/h1-41H. The van der Waals surface area contributed by atoms with Crippen molar-refractivity contribution in [3.63, 3.8) is 0 Å². The van der Waals surface area contributed by atoms with E-state index < -0.39 is 5.41 Å². The quantitative estimate of drug-likeness (QED) is 0.169. The van der Waals surface area contributed by atoms with Crippen molar-refractivity contribution < 1.29 is 4.42 Å². The summed E-state index contributed by atoms with van der Waals surface area (Å²) in [6.07, 6.45) is 0. The van der Waals surface area contributed by atoms with Crippen molar-refractivity contribution in [3.05, 3.63) is 271 Å². The molecule has 0 N–H and O–H groups in total. The van der Waals surface area contributed by atoms with E-state index in [9.17, 15) is 0 Å². The van der Waals surface area contributed by atoms with Gasteiger partial charge in [-0.3, -0.25) is 0 Å². The van der Waals surface area contributed by atoms with Crippen LogP contribution in [0.1, 0.15) is 22.3 Å². The first kappa shape index (κ1) is 38.6. The van der Waals surface area contributed by atoms with Crippen molar-refractivity contribution in [1.82, 2.24) is 13.7 Å². The number of hydrogen-bond donors (Lipinski definition) is 0. The highest BCUT2D eigenvalue weighted by Crippen LogP contribution is 2.56. The van der Waals surface area contributed by atoms with E-state index in [0.29, 0.717) is 0 Å². The molecule has 15 aromatic rings. The van der Waals surface area contributed by atoms with Crippen LogP contribution < -0.4 is 0 Å². The molecule has 0 spiro atoms. The molecule has 5 heterocycles. The molecule has 0 amide bonds. The first-order valence-electron chi connectivity index (χ1n) is 24.5. The molecule has 0 saturated heterocycles. The largest absolute Gasteiger partial charge is 0.456 e. The summed E-state index contributed by atoms with van der Waals surface area (Å²) in [7, 11) is 0. The molecule has 1 aliphatic rings. The normalized spacial score (nSPS) is 14.5. The molecule has 0 radical (unpaired) electrons. The molecule has 0 bridgehead atoms. The molecule has 1 aliphatic heterocycles. The van der Waals surface area contributed by atoms with Gasteiger partial charge in [-0.05, 0) is 94.5 Å². The summed E-state index contributed by atoms with van der Waals surface area (Å²) in [4.78, 5) is 0. The van der Waals surface area contributed by atoms with Gasteiger partial charge >= 0.3 is 0 Å². The number of aromatic nitrogens is 3. The fraction of sp³-hybridized carbons (Fsp3) is 0.0149. The van der Waals surface area contributed by atoms with Gasteiger partial charge in [0.15, 0.2) is 0 Å². The number of furan rings is 1. The van der Waals surface area contributed by atoms with Gasteiger partial charge in [0.05, 0.1) is 44.2 Å². The van der Waals surface area contributed by atoms with E-state index in [1.807, 2.05) is 0 Å². The number of rotatable bonds is 5. The Morgan fingerprint density at radius 2 is 0.817 bits per heavy atom. The van der Waals surface area contributed by atoms with E-state index in [0.717, 1.165) is 38.9 Å². The minimum Gasteiger partial charge on any atom is -0.456 e. The van der Waals surface area contributed by atoms with Gasteiger partial charge in [-0.1, -0.05) is 182 Å². The van der Waals surface area contributed by atoms with Crippen LogP contribution in [0.4, 0.5) is 0 Å². The first-order valence-corrected chi connectivity index (χ1v) is 24.5. The zero-order valence-corrected chi connectivity index (χ0v) is 38.4. The lowest BCUT2D eigenvalue weighted by atomic mass is 9.63. The van der Waals surface area contributed by atoms with Gasteiger partial charge in [-0.25, -0.2) is 0 Å². The Morgan fingerprint density at radius 1 is 0.296 bits per heavy atom. The maximum atomic E-state index is 6.48. The summed E-state index contributed by atoms with van der Waals surface area (Å²) < 4.78 is 13.9. The van der Waals surface area contributed by atoms with E-state index in [-0.39, 0.29) is 0 Å². The molecule has 4 nitrogen and oxygen atoms in total. The van der Waals surface area contributed by atoms with E-state index in [1.165, 1.54) is 98.9 Å². The van der Waals surface area contributed by atoms with Gasteiger partial charge in [-0.2, -0.15) is 0 Å². The smallest absolute Gasteiger partial charge is 0.136 e. The molecular weight excluding hydrogens is 863 g/mol. The maximum absolute atomic E-state index is 6.48. The third kappa shape index (κ3) is 5.07. The molecular formula is C67H41N3O. The van der Waals surface area contributed by atoms with Crippen LogP contribution in [0.2, 0.25) is 0 Å².